The zero-order valence-electron chi connectivity index (χ0n) is 17.4. The lowest BCUT2D eigenvalue weighted by Crippen LogP contribution is -2.27. The standard InChI is InChI=1S/C17H21NO.C8H8O3/c1-14(18-13-16-6-4-3-5-7-16)12-15-8-10-17(19-2)11-9-15;9-7(8(10)11)6-4-2-1-3-5-6/h3-11,14,18H,12-13H2,1-2H3;1-5,7,9H,(H,10,11)/t;7-/m.1/s1. The Morgan fingerprint density at radius 2 is 1.47 bits per heavy atom. The number of ether oxygens (including phenoxy) is 1. The molecule has 0 saturated carbocycles. The molecule has 2 atom stereocenters. The lowest BCUT2D eigenvalue weighted by atomic mass is 10.1. The third-order valence-electron chi connectivity index (χ3n) is 4.55. The van der Waals surface area contributed by atoms with E-state index in [1.54, 1.807) is 37.4 Å². The summed E-state index contributed by atoms with van der Waals surface area (Å²) in [5, 5.41) is 20.9. The Hall–Kier alpha value is -3.15. The Kier molecular flexibility index (Phi) is 9.58. The highest BCUT2D eigenvalue weighted by Crippen LogP contribution is 2.13. The Morgan fingerprint density at radius 1 is 0.900 bits per heavy atom. The number of carboxylic acids is 1. The van der Waals surface area contributed by atoms with Gasteiger partial charge in [-0.05, 0) is 42.2 Å². The van der Waals surface area contributed by atoms with Crippen LogP contribution in [-0.2, 0) is 17.8 Å². The normalized spacial score (nSPS) is 12.2. The average molecular weight is 408 g/mol. The molecule has 0 bridgehead atoms. The third-order valence-corrected chi connectivity index (χ3v) is 4.55. The van der Waals surface area contributed by atoms with Crippen LogP contribution < -0.4 is 10.1 Å². The van der Waals surface area contributed by atoms with Gasteiger partial charge in [-0.15, -0.1) is 0 Å². The van der Waals surface area contributed by atoms with Crippen molar-refractivity contribution >= 4 is 5.97 Å². The number of nitrogens with one attached hydrogen (secondary N) is 1. The number of methoxy groups -OCH3 is 1. The summed E-state index contributed by atoms with van der Waals surface area (Å²) < 4.78 is 5.16. The van der Waals surface area contributed by atoms with Gasteiger partial charge in [-0.3, -0.25) is 0 Å². The van der Waals surface area contributed by atoms with Crippen LogP contribution in [0.15, 0.2) is 84.9 Å². The highest BCUT2D eigenvalue weighted by Gasteiger charge is 2.14. The number of rotatable bonds is 8. The summed E-state index contributed by atoms with van der Waals surface area (Å²) in [5.74, 6) is -0.315. The lowest BCUT2D eigenvalue weighted by molar-refractivity contribution is -0.146. The monoisotopic (exact) mass is 407 g/mol. The minimum Gasteiger partial charge on any atom is -0.497 e. The molecule has 0 radical (unpaired) electrons. The minimum absolute atomic E-state index is 0.403. The molecule has 0 aliphatic rings. The van der Waals surface area contributed by atoms with E-state index >= 15 is 0 Å². The van der Waals surface area contributed by atoms with Gasteiger partial charge in [0.15, 0.2) is 6.10 Å². The van der Waals surface area contributed by atoms with E-state index in [0.717, 1.165) is 18.7 Å². The van der Waals surface area contributed by atoms with Gasteiger partial charge in [0.05, 0.1) is 7.11 Å². The second-order valence-corrected chi connectivity index (χ2v) is 6.97. The van der Waals surface area contributed by atoms with Crippen molar-refractivity contribution in [2.24, 2.45) is 0 Å². The highest BCUT2D eigenvalue weighted by atomic mass is 16.5. The van der Waals surface area contributed by atoms with E-state index in [2.05, 4.69) is 48.6 Å². The van der Waals surface area contributed by atoms with Gasteiger partial charge in [0.25, 0.3) is 0 Å². The fourth-order valence-electron chi connectivity index (χ4n) is 2.85. The van der Waals surface area contributed by atoms with Gasteiger partial charge in [-0.1, -0.05) is 72.8 Å². The summed E-state index contributed by atoms with van der Waals surface area (Å²) in [6.07, 6.45) is -0.382. The number of hydrogen-bond acceptors (Lipinski definition) is 4. The molecule has 5 heteroatoms. The molecule has 3 aromatic rings. The molecular weight excluding hydrogens is 378 g/mol. The molecule has 0 heterocycles. The van der Waals surface area contributed by atoms with Crippen molar-refractivity contribution in [3.8, 4) is 5.75 Å². The quantitative estimate of drug-likeness (QED) is 0.521. The van der Waals surface area contributed by atoms with Gasteiger partial charge in [0.2, 0.25) is 0 Å². The van der Waals surface area contributed by atoms with Crippen molar-refractivity contribution in [1.82, 2.24) is 5.32 Å². The number of aliphatic hydroxyl groups excluding tert-OH is 1. The van der Waals surface area contributed by atoms with E-state index in [-0.39, 0.29) is 0 Å². The molecule has 0 amide bonds. The first kappa shape index (κ1) is 23.1. The van der Waals surface area contributed by atoms with Crippen LogP contribution in [0.2, 0.25) is 0 Å². The topological polar surface area (TPSA) is 78.8 Å². The SMILES string of the molecule is COc1ccc(CC(C)NCc2ccccc2)cc1.O=C(O)[C@H](O)c1ccccc1. The van der Waals surface area contributed by atoms with Crippen LogP contribution in [0, 0.1) is 0 Å². The maximum Gasteiger partial charge on any atom is 0.337 e. The van der Waals surface area contributed by atoms with E-state index in [1.165, 1.54) is 11.1 Å². The van der Waals surface area contributed by atoms with Crippen molar-refractivity contribution in [3.05, 3.63) is 102 Å². The van der Waals surface area contributed by atoms with Gasteiger partial charge < -0.3 is 20.3 Å². The van der Waals surface area contributed by atoms with Crippen LogP contribution in [0.5, 0.6) is 5.75 Å². The third kappa shape index (κ3) is 8.07. The second kappa shape index (κ2) is 12.4. The molecule has 5 nitrogen and oxygen atoms in total. The summed E-state index contributed by atoms with van der Waals surface area (Å²) in [5.41, 5.74) is 3.05. The molecule has 1 unspecified atom stereocenters. The predicted octanol–water partition coefficient (Wildman–Crippen LogP) is 4.22. The van der Waals surface area contributed by atoms with Crippen LogP contribution in [0.4, 0.5) is 0 Å². The Bertz CT molecular complexity index is 867. The molecule has 3 rings (SSSR count). The zero-order valence-corrected chi connectivity index (χ0v) is 17.4. The molecule has 3 N–H and O–H groups in total. The highest BCUT2D eigenvalue weighted by molar-refractivity contribution is 5.73. The molecular formula is C25H29NO4. The number of aliphatic carboxylic acids is 1. The number of benzene rings is 3. The molecule has 3 aromatic carbocycles. The summed E-state index contributed by atoms with van der Waals surface area (Å²) in [4.78, 5) is 10.2. The van der Waals surface area contributed by atoms with Crippen molar-refractivity contribution in [2.45, 2.75) is 32.0 Å². The smallest absolute Gasteiger partial charge is 0.337 e. The molecule has 0 aliphatic heterocycles. The molecule has 0 spiro atoms. The maximum absolute atomic E-state index is 10.2. The first-order chi connectivity index (χ1) is 14.5. The summed E-state index contributed by atoms with van der Waals surface area (Å²) in [6.45, 7) is 3.13. The molecule has 0 fully saturated rings. The van der Waals surface area contributed by atoms with E-state index in [9.17, 15) is 4.79 Å². The fraction of sp³-hybridized carbons (Fsp3) is 0.240. The van der Waals surface area contributed by atoms with Gasteiger partial charge in [0, 0.05) is 12.6 Å². The van der Waals surface area contributed by atoms with E-state index in [1.807, 2.05) is 18.2 Å². The zero-order chi connectivity index (χ0) is 21.8. The van der Waals surface area contributed by atoms with Gasteiger partial charge in [0.1, 0.15) is 5.75 Å². The Balaban J connectivity index is 0.000000248. The molecule has 0 aromatic heterocycles. The minimum atomic E-state index is -1.41. The van der Waals surface area contributed by atoms with Crippen molar-refractivity contribution in [3.63, 3.8) is 0 Å². The molecule has 158 valence electrons. The van der Waals surface area contributed by atoms with Crippen molar-refractivity contribution in [1.29, 1.82) is 0 Å². The van der Waals surface area contributed by atoms with Crippen LogP contribution >= 0.6 is 0 Å². The Morgan fingerprint density at radius 3 is 2.00 bits per heavy atom. The molecule has 0 saturated heterocycles. The van der Waals surface area contributed by atoms with Crippen LogP contribution in [0.1, 0.15) is 29.7 Å². The van der Waals surface area contributed by atoms with Crippen LogP contribution in [0.25, 0.3) is 0 Å². The Labute approximate surface area is 178 Å². The maximum atomic E-state index is 10.2. The van der Waals surface area contributed by atoms with Crippen LogP contribution in [-0.4, -0.2) is 29.3 Å². The first-order valence-electron chi connectivity index (χ1n) is 9.85. The summed E-state index contributed by atoms with van der Waals surface area (Å²) in [6, 6.07) is 27.5. The van der Waals surface area contributed by atoms with E-state index < -0.39 is 12.1 Å². The number of carbonyl (C=O) groups is 1. The van der Waals surface area contributed by atoms with Crippen molar-refractivity contribution < 1.29 is 19.7 Å². The largest absolute Gasteiger partial charge is 0.497 e. The lowest BCUT2D eigenvalue weighted by Gasteiger charge is -2.14. The molecule has 0 aliphatic carbocycles. The van der Waals surface area contributed by atoms with Crippen molar-refractivity contribution in [2.75, 3.05) is 7.11 Å². The number of hydrogen-bond donors (Lipinski definition) is 3. The van der Waals surface area contributed by atoms with E-state index in [0.29, 0.717) is 11.6 Å². The van der Waals surface area contributed by atoms with Gasteiger partial charge in [-0.25, -0.2) is 4.79 Å². The first-order valence-corrected chi connectivity index (χ1v) is 9.85. The molecule has 30 heavy (non-hydrogen) atoms. The second-order valence-electron chi connectivity index (χ2n) is 6.97. The summed E-state index contributed by atoms with van der Waals surface area (Å²) in [7, 11) is 1.69. The van der Waals surface area contributed by atoms with Crippen LogP contribution in [0.3, 0.4) is 0 Å². The average Bonchev–Trinajstić information content (AvgIpc) is 2.79. The van der Waals surface area contributed by atoms with Gasteiger partial charge in [-0.2, -0.15) is 0 Å². The number of aliphatic hydroxyl groups is 1. The number of carboxylic acid groups (broad SMARTS) is 1. The van der Waals surface area contributed by atoms with E-state index in [4.69, 9.17) is 14.9 Å². The summed E-state index contributed by atoms with van der Waals surface area (Å²) >= 11 is 0. The van der Waals surface area contributed by atoms with Gasteiger partial charge >= 0.3 is 5.97 Å². The fourth-order valence-corrected chi connectivity index (χ4v) is 2.85. The predicted molar refractivity (Wildman–Crippen MR) is 118 cm³/mol.